The van der Waals surface area contributed by atoms with E-state index in [0.29, 0.717) is 5.56 Å². The molecular weight excluding hydrogens is 420 g/mol. The van der Waals surface area contributed by atoms with Gasteiger partial charge in [0.1, 0.15) is 0 Å². The molecule has 0 fully saturated rings. The summed E-state index contributed by atoms with van der Waals surface area (Å²) in [6, 6.07) is 33.7. The van der Waals surface area contributed by atoms with E-state index in [9.17, 15) is 4.79 Å². The first kappa shape index (κ1) is 17.8. The highest BCUT2D eigenvalue weighted by Crippen LogP contribution is 2.38. The highest BCUT2D eigenvalue weighted by molar-refractivity contribution is 9.10. The summed E-state index contributed by atoms with van der Waals surface area (Å²) in [5.41, 5.74) is 5.03. The fourth-order valence-corrected chi connectivity index (χ4v) is 4.31. The Balaban J connectivity index is 1.77. The molecule has 0 atom stereocenters. The number of fused-ring (bicyclic) bond motifs is 2. The third-order valence-corrected chi connectivity index (χ3v) is 6.07. The Hall–Kier alpha value is -3.23. The zero-order valence-electron chi connectivity index (χ0n) is 15.6. The predicted octanol–water partition coefficient (Wildman–Crippen LogP) is 7.90. The molecule has 0 bridgehead atoms. The number of halogens is 1. The molecule has 0 amide bonds. The summed E-state index contributed by atoms with van der Waals surface area (Å²) in [4.78, 5) is 11.6. The summed E-state index contributed by atoms with van der Waals surface area (Å²) in [6.45, 7) is 0. The van der Waals surface area contributed by atoms with Gasteiger partial charge in [0, 0.05) is 10.0 Å². The number of benzene rings is 5. The van der Waals surface area contributed by atoms with Crippen molar-refractivity contribution in [2.24, 2.45) is 0 Å². The molecule has 0 saturated carbocycles. The van der Waals surface area contributed by atoms with Crippen LogP contribution in [-0.4, -0.2) is 6.29 Å². The van der Waals surface area contributed by atoms with Crippen LogP contribution in [0.2, 0.25) is 0 Å². The summed E-state index contributed by atoms with van der Waals surface area (Å²) >= 11 is 3.57. The van der Waals surface area contributed by atoms with E-state index in [4.69, 9.17) is 0 Å². The van der Waals surface area contributed by atoms with Gasteiger partial charge in [-0.2, -0.15) is 0 Å². The van der Waals surface area contributed by atoms with Gasteiger partial charge in [0.2, 0.25) is 0 Å². The lowest BCUT2D eigenvalue weighted by Gasteiger charge is -2.14. The van der Waals surface area contributed by atoms with Crippen molar-refractivity contribution in [2.75, 3.05) is 0 Å². The number of hydrogen-bond donors (Lipinski definition) is 0. The number of aldehydes is 1. The van der Waals surface area contributed by atoms with E-state index in [2.05, 4.69) is 101 Å². The molecule has 29 heavy (non-hydrogen) atoms. The van der Waals surface area contributed by atoms with E-state index >= 15 is 0 Å². The summed E-state index contributed by atoms with van der Waals surface area (Å²) in [7, 11) is 0. The topological polar surface area (TPSA) is 17.1 Å². The lowest BCUT2D eigenvalue weighted by molar-refractivity contribution is 0.112. The van der Waals surface area contributed by atoms with Crippen molar-refractivity contribution in [3.63, 3.8) is 0 Å². The molecule has 0 aliphatic carbocycles. The molecule has 0 heterocycles. The first-order chi connectivity index (χ1) is 14.2. The fourth-order valence-electron chi connectivity index (χ4n) is 3.87. The van der Waals surface area contributed by atoms with Crippen molar-refractivity contribution in [2.45, 2.75) is 0 Å². The Morgan fingerprint density at radius 1 is 0.552 bits per heavy atom. The lowest BCUT2D eigenvalue weighted by atomic mass is 9.91. The van der Waals surface area contributed by atoms with Crippen molar-refractivity contribution in [3.05, 3.63) is 107 Å². The van der Waals surface area contributed by atoms with Crippen molar-refractivity contribution < 1.29 is 4.79 Å². The molecule has 138 valence electrons. The zero-order chi connectivity index (χ0) is 19.8. The van der Waals surface area contributed by atoms with Crippen LogP contribution in [0.15, 0.2) is 102 Å². The van der Waals surface area contributed by atoms with E-state index in [0.717, 1.165) is 33.0 Å². The molecule has 0 unspecified atom stereocenters. The van der Waals surface area contributed by atoms with E-state index in [1.165, 1.54) is 21.5 Å². The van der Waals surface area contributed by atoms with Crippen molar-refractivity contribution in [1.82, 2.24) is 0 Å². The van der Waals surface area contributed by atoms with Gasteiger partial charge in [0.05, 0.1) is 0 Å². The third-order valence-electron chi connectivity index (χ3n) is 5.38. The molecule has 5 aromatic carbocycles. The van der Waals surface area contributed by atoms with E-state index < -0.39 is 0 Å². The first-order valence-electron chi connectivity index (χ1n) is 9.50. The Bertz CT molecular complexity index is 1380. The quantitative estimate of drug-likeness (QED) is 0.262. The number of carbonyl (C=O) groups is 1. The number of carbonyl (C=O) groups excluding carboxylic acids is 1. The summed E-state index contributed by atoms with van der Waals surface area (Å²) in [5.74, 6) is 0. The van der Waals surface area contributed by atoms with E-state index in [1.54, 1.807) is 0 Å². The van der Waals surface area contributed by atoms with Gasteiger partial charge in [-0.1, -0.05) is 88.7 Å². The maximum atomic E-state index is 11.6. The van der Waals surface area contributed by atoms with E-state index in [-0.39, 0.29) is 0 Å². The Morgan fingerprint density at radius 2 is 1.03 bits per heavy atom. The summed E-state index contributed by atoms with van der Waals surface area (Å²) < 4.78 is 0.806. The van der Waals surface area contributed by atoms with Crippen molar-refractivity contribution in [1.29, 1.82) is 0 Å². The van der Waals surface area contributed by atoms with Crippen LogP contribution in [0.3, 0.4) is 0 Å². The maximum Gasteiger partial charge on any atom is 0.151 e. The van der Waals surface area contributed by atoms with Crippen LogP contribution in [0.25, 0.3) is 43.8 Å². The molecule has 0 aliphatic rings. The highest BCUT2D eigenvalue weighted by atomic mass is 79.9. The Labute approximate surface area is 177 Å². The predicted molar refractivity (Wildman–Crippen MR) is 125 cm³/mol. The van der Waals surface area contributed by atoms with Crippen LogP contribution in [-0.2, 0) is 0 Å². The van der Waals surface area contributed by atoms with Gasteiger partial charge in [-0.05, 0) is 68.1 Å². The van der Waals surface area contributed by atoms with Gasteiger partial charge in [0.25, 0.3) is 0 Å². The molecular formula is C27H17BrO. The molecule has 2 heteroatoms. The van der Waals surface area contributed by atoms with E-state index in [1.807, 2.05) is 12.1 Å². The minimum Gasteiger partial charge on any atom is -0.298 e. The molecule has 0 aliphatic heterocycles. The molecule has 0 aromatic heterocycles. The highest BCUT2D eigenvalue weighted by Gasteiger charge is 2.13. The van der Waals surface area contributed by atoms with Crippen LogP contribution in [0.1, 0.15) is 10.4 Å². The van der Waals surface area contributed by atoms with Gasteiger partial charge >= 0.3 is 0 Å². The standard InChI is InChI=1S/C27H17BrO/c28-27-16-26(23-12-10-19-6-2-4-8-21(19)14-23)25(15-24(27)17-29)22-11-9-18-5-1-3-7-20(18)13-22/h1-17H. The summed E-state index contributed by atoms with van der Waals surface area (Å²) in [5, 5.41) is 4.80. The normalized spacial score (nSPS) is 11.1. The SMILES string of the molecule is O=Cc1cc(-c2ccc3ccccc3c2)c(-c2ccc3ccccc3c2)cc1Br. The second-order valence-corrected chi connectivity index (χ2v) is 8.02. The van der Waals surface area contributed by atoms with Gasteiger partial charge in [-0.25, -0.2) is 0 Å². The minimum atomic E-state index is 0.651. The molecule has 0 N–H and O–H groups in total. The van der Waals surface area contributed by atoms with Gasteiger partial charge < -0.3 is 0 Å². The summed E-state index contributed by atoms with van der Waals surface area (Å²) in [6.07, 6.45) is 0.902. The number of hydrogen-bond acceptors (Lipinski definition) is 1. The average Bonchev–Trinajstić information content (AvgIpc) is 2.78. The lowest BCUT2D eigenvalue weighted by Crippen LogP contribution is -1.91. The molecule has 0 saturated heterocycles. The Morgan fingerprint density at radius 3 is 1.55 bits per heavy atom. The van der Waals surface area contributed by atoms with Crippen LogP contribution < -0.4 is 0 Å². The van der Waals surface area contributed by atoms with Crippen LogP contribution in [0.5, 0.6) is 0 Å². The fraction of sp³-hybridized carbons (Fsp3) is 0. The van der Waals surface area contributed by atoms with Crippen LogP contribution in [0, 0.1) is 0 Å². The largest absolute Gasteiger partial charge is 0.298 e. The smallest absolute Gasteiger partial charge is 0.151 e. The molecule has 0 spiro atoms. The van der Waals surface area contributed by atoms with Gasteiger partial charge in [-0.3, -0.25) is 4.79 Å². The molecule has 1 nitrogen and oxygen atoms in total. The molecule has 0 radical (unpaired) electrons. The second-order valence-electron chi connectivity index (χ2n) is 7.16. The Kier molecular flexibility index (Phi) is 4.49. The minimum absolute atomic E-state index is 0.651. The average molecular weight is 437 g/mol. The second kappa shape index (κ2) is 7.31. The third kappa shape index (κ3) is 3.26. The molecule has 5 rings (SSSR count). The monoisotopic (exact) mass is 436 g/mol. The van der Waals surface area contributed by atoms with Gasteiger partial charge in [0.15, 0.2) is 6.29 Å². The van der Waals surface area contributed by atoms with Crippen LogP contribution in [0.4, 0.5) is 0 Å². The van der Waals surface area contributed by atoms with Crippen LogP contribution >= 0.6 is 15.9 Å². The van der Waals surface area contributed by atoms with Crippen molar-refractivity contribution >= 4 is 43.8 Å². The maximum absolute atomic E-state index is 11.6. The first-order valence-corrected chi connectivity index (χ1v) is 10.3. The van der Waals surface area contributed by atoms with Gasteiger partial charge in [-0.15, -0.1) is 0 Å². The number of rotatable bonds is 3. The molecule has 5 aromatic rings. The van der Waals surface area contributed by atoms with Crippen molar-refractivity contribution in [3.8, 4) is 22.3 Å². The zero-order valence-corrected chi connectivity index (χ0v) is 17.2.